The van der Waals surface area contributed by atoms with Gasteiger partial charge in [-0.25, -0.2) is 0 Å². The van der Waals surface area contributed by atoms with Crippen molar-refractivity contribution in [1.29, 1.82) is 5.26 Å². The predicted molar refractivity (Wildman–Crippen MR) is 114 cm³/mol. The molecule has 0 aromatic heterocycles. The molecule has 5 nitrogen and oxygen atoms in total. The summed E-state index contributed by atoms with van der Waals surface area (Å²) in [5.41, 5.74) is 1.72. The fraction of sp³-hybridized carbons (Fsp3) is 0.0909. The predicted octanol–water partition coefficient (Wildman–Crippen LogP) is 5.55. The van der Waals surface area contributed by atoms with E-state index in [0.29, 0.717) is 17.0 Å². The Morgan fingerprint density at radius 3 is 2.25 bits per heavy atom. The second-order valence-corrected chi connectivity index (χ2v) is 7.01. The molecular formula is C22H18BrN3O2. The van der Waals surface area contributed by atoms with Gasteiger partial charge in [-0.2, -0.15) is 5.26 Å². The van der Waals surface area contributed by atoms with E-state index in [1.807, 2.05) is 48.5 Å². The third kappa shape index (κ3) is 5.12. The molecular weight excluding hydrogens is 418 g/mol. The summed E-state index contributed by atoms with van der Waals surface area (Å²) >= 11 is 3.39. The Hall–Kier alpha value is -3.30. The number of hydrogen-bond acceptors (Lipinski definition) is 4. The number of benzene rings is 3. The van der Waals surface area contributed by atoms with E-state index in [1.54, 1.807) is 31.2 Å². The summed E-state index contributed by atoms with van der Waals surface area (Å²) in [4.78, 5) is 12.4. The number of anilines is 2. The Bertz CT molecular complexity index is 996. The van der Waals surface area contributed by atoms with E-state index in [1.165, 1.54) is 0 Å². The van der Waals surface area contributed by atoms with E-state index < -0.39 is 6.04 Å². The lowest BCUT2D eigenvalue weighted by molar-refractivity contribution is -0.116. The standard InChI is InChI=1S/C22H18BrN3O2/c1-15(22(27)26-21-5-3-2-4-16(21)14-24)25-18-8-12-20(13-9-18)28-19-10-6-17(23)7-11-19/h2-13,15,25H,1H3,(H,26,27)/t15-/m1/s1. The van der Waals surface area contributed by atoms with E-state index >= 15 is 0 Å². The summed E-state index contributed by atoms with van der Waals surface area (Å²) in [7, 11) is 0. The smallest absolute Gasteiger partial charge is 0.246 e. The SMILES string of the molecule is C[C@@H](Nc1ccc(Oc2ccc(Br)cc2)cc1)C(=O)Nc1ccccc1C#N. The number of rotatable bonds is 6. The fourth-order valence-corrected chi connectivity index (χ4v) is 2.77. The Labute approximate surface area is 172 Å². The Morgan fingerprint density at radius 2 is 1.61 bits per heavy atom. The fourth-order valence-electron chi connectivity index (χ4n) is 2.50. The normalized spacial score (nSPS) is 11.2. The molecule has 0 aliphatic rings. The largest absolute Gasteiger partial charge is 0.457 e. The minimum atomic E-state index is -0.481. The van der Waals surface area contributed by atoms with Crippen molar-refractivity contribution in [1.82, 2.24) is 0 Å². The molecule has 1 atom stereocenters. The highest BCUT2D eigenvalue weighted by Crippen LogP contribution is 2.25. The number of nitrogens with one attached hydrogen (secondary N) is 2. The van der Waals surface area contributed by atoms with Gasteiger partial charge in [0.05, 0.1) is 11.3 Å². The molecule has 0 aliphatic heterocycles. The number of carbonyl (C=O) groups is 1. The molecule has 2 N–H and O–H groups in total. The highest BCUT2D eigenvalue weighted by atomic mass is 79.9. The lowest BCUT2D eigenvalue weighted by Gasteiger charge is -2.16. The maximum absolute atomic E-state index is 12.4. The van der Waals surface area contributed by atoms with Crippen molar-refractivity contribution in [3.63, 3.8) is 0 Å². The van der Waals surface area contributed by atoms with Crippen molar-refractivity contribution in [2.24, 2.45) is 0 Å². The third-order valence-electron chi connectivity index (χ3n) is 3.99. The molecule has 0 unspecified atom stereocenters. The van der Waals surface area contributed by atoms with E-state index in [4.69, 9.17) is 10.00 Å². The number of para-hydroxylation sites is 1. The average molecular weight is 436 g/mol. The Morgan fingerprint density at radius 1 is 1.00 bits per heavy atom. The summed E-state index contributed by atoms with van der Waals surface area (Å²) < 4.78 is 6.78. The van der Waals surface area contributed by atoms with Crippen molar-refractivity contribution < 1.29 is 9.53 Å². The van der Waals surface area contributed by atoms with Gasteiger partial charge >= 0.3 is 0 Å². The van der Waals surface area contributed by atoms with Crippen LogP contribution in [0.15, 0.2) is 77.3 Å². The van der Waals surface area contributed by atoms with Gasteiger partial charge in [0.15, 0.2) is 0 Å². The molecule has 3 aromatic rings. The third-order valence-corrected chi connectivity index (χ3v) is 4.51. The summed E-state index contributed by atoms with van der Waals surface area (Å²) in [6.45, 7) is 1.76. The summed E-state index contributed by atoms with van der Waals surface area (Å²) in [5.74, 6) is 1.22. The highest BCUT2D eigenvalue weighted by molar-refractivity contribution is 9.10. The first-order chi connectivity index (χ1) is 13.5. The van der Waals surface area contributed by atoms with Gasteiger partial charge in [-0.1, -0.05) is 28.1 Å². The topological polar surface area (TPSA) is 74.2 Å². The molecule has 0 radical (unpaired) electrons. The first kappa shape index (κ1) is 19.5. The van der Waals surface area contributed by atoms with Crippen LogP contribution in [0.1, 0.15) is 12.5 Å². The molecule has 3 aromatic carbocycles. The van der Waals surface area contributed by atoms with Crippen LogP contribution in [-0.4, -0.2) is 11.9 Å². The molecule has 0 saturated carbocycles. The summed E-state index contributed by atoms with van der Waals surface area (Å²) in [5, 5.41) is 15.0. The monoisotopic (exact) mass is 435 g/mol. The summed E-state index contributed by atoms with van der Waals surface area (Å²) in [6, 6.07) is 23.4. The molecule has 28 heavy (non-hydrogen) atoms. The number of halogens is 1. The number of nitriles is 1. The molecule has 0 spiro atoms. The van der Waals surface area contributed by atoms with Gasteiger partial charge in [0.25, 0.3) is 0 Å². The Balaban J connectivity index is 1.59. The zero-order valence-electron chi connectivity index (χ0n) is 15.1. The van der Waals surface area contributed by atoms with Crippen LogP contribution in [0.3, 0.4) is 0 Å². The number of amides is 1. The molecule has 3 rings (SSSR count). The van der Waals surface area contributed by atoms with Crippen LogP contribution in [0.25, 0.3) is 0 Å². The van der Waals surface area contributed by atoms with E-state index in [2.05, 4.69) is 32.6 Å². The van der Waals surface area contributed by atoms with Crippen molar-refractivity contribution in [2.75, 3.05) is 10.6 Å². The second-order valence-electron chi connectivity index (χ2n) is 6.09. The van der Waals surface area contributed by atoms with Crippen molar-refractivity contribution in [2.45, 2.75) is 13.0 Å². The maximum atomic E-state index is 12.4. The van der Waals surface area contributed by atoms with Crippen LogP contribution in [0.2, 0.25) is 0 Å². The van der Waals surface area contributed by atoms with Crippen molar-refractivity contribution in [3.8, 4) is 17.6 Å². The zero-order valence-corrected chi connectivity index (χ0v) is 16.7. The van der Waals surface area contributed by atoms with Crippen LogP contribution in [0.4, 0.5) is 11.4 Å². The number of nitrogens with zero attached hydrogens (tertiary/aromatic N) is 1. The summed E-state index contributed by atoms with van der Waals surface area (Å²) in [6.07, 6.45) is 0. The number of carbonyl (C=O) groups excluding carboxylic acids is 1. The van der Waals surface area contributed by atoms with E-state index in [9.17, 15) is 4.79 Å². The van der Waals surface area contributed by atoms with Crippen LogP contribution in [0, 0.1) is 11.3 Å². The van der Waals surface area contributed by atoms with Crippen LogP contribution in [0.5, 0.6) is 11.5 Å². The maximum Gasteiger partial charge on any atom is 0.246 e. The number of ether oxygens (including phenoxy) is 1. The minimum Gasteiger partial charge on any atom is -0.457 e. The van der Waals surface area contributed by atoms with Gasteiger partial charge in [0, 0.05) is 10.2 Å². The molecule has 1 amide bonds. The molecule has 0 heterocycles. The quantitative estimate of drug-likeness (QED) is 0.531. The average Bonchev–Trinajstić information content (AvgIpc) is 2.71. The van der Waals surface area contributed by atoms with Gasteiger partial charge in [0.2, 0.25) is 5.91 Å². The molecule has 0 saturated heterocycles. The van der Waals surface area contributed by atoms with Gasteiger partial charge in [0.1, 0.15) is 23.6 Å². The Kier molecular flexibility index (Phi) is 6.30. The van der Waals surface area contributed by atoms with Crippen LogP contribution in [-0.2, 0) is 4.79 Å². The second kappa shape index (κ2) is 9.07. The van der Waals surface area contributed by atoms with Crippen LogP contribution >= 0.6 is 15.9 Å². The minimum absolute atomic E-state index is 0.224. The first-order valence-electron chi connectivity index (χ1n) is 8.65. The van der Waals surface area contributed by atoms with Crippen molar-refractivity contribution >= 4 is 33.2 Å². The van der Waals surface area contributed by atoms with Gasteiger partial charge in [-0.05, 0) is 67.6 Å². The lowest BCUT2D eigenvalue weighted by atomic mass is 10.2. The van der Waals surface area contributed by atoms with Crippen molar-refractivity contribution in [3.05, 3.63) is 82.8 Å². The first-order valence-corrected chi connectivity index (χ1v) is 9.44. The van der Waals surface area contributed by atoms with Gasteiger partial charge < -0.3 is 15.4 Å². The molecule has 0 aliphatic carbocycles. The molecule has 0 fully saturated rings. The van der Waals surface area contributed by atoms with Crippen LogP contribution < -0.4 is 15.4 Å². The molecule has 140 valence electrons. The molecule has 0 bridgehead atoms. The highest BCUT2D eigenvalue weighted by Gasteiger charge is 2.14. The molecule has 6 heteroatoms. The van der Waals surface area contributed by atoms with E-state index in [0.717, 1.165) is 15.9 Å². The number of hydrogen-bond donors (Lipinski definition) is 2. The zero-order chi connectivity index (χ0) is 19.9. The lowest BCUT2D eigenvalue weighted by Crippen LogP contribution is -2.32. The van der Waals surface area contributed by atoms with E-state index in [-0.39, 0.29) is 5.91 Å². The van der Waals surface area contributed by atoms with Gasteiger partial charge in [-0.15, -0.1) is 0 Å². The van der Waals surface area contributed by atoms with Gasteiger partial charge in [-0.3, -0.25) is 4.79 Å².